The molecule has 0 aliphatic carbocycles. The van der Waals surface area contributed by atoms with Gasteiger partial charge in [-0.25, -0.2) is 4.98 Å². The fraction of sp³-hybridized carbons (Fsp3) is 0.211. The normalized spacial score (nSPS) is 14.5. The van der Waals surface area contributed by atoms with Crippen molar-refractivity contribution in [3.8, 4) is 5.75 Å². The number of carbonyl (C=O) groups is 1. The van der Waals surface area contributed by atoms with Crippen LogP contribution in [-0.2, 0) is 10.2 Å². The quantitative estimate of drug-likeness (QED) is 0.417. The molecule has 0 spiro atoms. The molecule has 12 heteroatoms. The van der Waals surface area contributed by atoms with E-state index in [-0.39, 0.29) is 29.9 Å². The Hall–Kier alpha value is -3.80. The number of amides is 1. The van der Waals surface area contributed by atoms with Crippen molar-refractivity contribution < 1.29 is 17.9 Å². The highest BCUT2D eigenvalue weighted by Crippen LogP contribution is 2.30. The summed E-state index contributed by atoms with van der Waals surface area (Å²) in [7, 11) is -3.89. The number of nitrogens with two attached hydrogens (primary N) is 2. The number of rotatable bonds is 7. The first kappa shape index (κ1) is 21.9. The molecule has 1 aromatic heterocycles. The van der Waals surface area contributed by atoms with Crippen LogP contribution >= 0.6 is 0 Å². The van der Waals surface area contributed by atoms with Crippen molar-refractivity contribution in [3.63, 3.8) is 0 Å². The number of amidine groups is 1. The summed E-state index contributed by atoms with van der Waals surface area (Å²) in [6.07, 6.45) is 1.48. The van der Waals surface area contributed by atoms with E-state index in [1.54, 1.807) is 44.2 Å². The van der Waals surface area contributed by atoms with Crippen molar-refractivity contribution in [1.29, 1.82) is 0 Å². The van der Waals surface area contributed by atoms with Gasteiger partial charge in [-0.2, -0.15) is 8.42 Å². The van der Waals surface area contributed by atoms with E-state index in [0.29, 0.717) is 22.7 Å². The highest BCUT2D eigenvalue weighted by molar-refractivity contribution is 7.91. The summed E-state index contributed by atoms with van der Waals surface area (Å²) < 4.78 is 35.0. The van der Waals surface area contributed by atoms with Crippen LogP contribution in [0.5, 0.6) is 5.75 Å². The zero-order valence-electron chi connectivity index (χ0n) is 17.0. The topological polar surface area (TPSA) is 174 Å². The Labute approximate surface area is 179 Å². The molecule has 2 heterocycles. The molecule has 7 N–H and O–H groups in total. The van der Waals surface area contributed by atoms with Crippen LogP contribution < -0.4 is 31.6 Å². The lowest BCUT2D eigenvalue weighted by Crippen LogP contribution is -2.48. The molecular weight excluding hydrogens is 422 g/mol. The fourth-order valence-electron chi connectivity index (χ4n) is 2.82. The zero-order valence-corrected chi connectivity index (χ0v) is 17.8. The van der Waals surface area contributed by atoms with Crippen LogP contribution in [0, 0.1) is 0 Å². The van der Waals surface area contributed by atoms with Gasteiger partial charge in [0.05, 0.1) is 22.6 Å². The third-order valence-electron chi connectivity index (χ3n) is 4.09. The van der Waals surface area contributed by atoms with Gasteiger partial charge in [0.1, 0.15) is 18.2 Å². The maximum Gasteiger partial charge on any atom is 0.344 e. The van der Waals surface area contributed by atoms with Crippen LogP contribution in [0.2, 0.25) is 0 Å². The molecule has 0 saturated heterocycles. The van der Waals surface area contributed by atoms with Crippen molar-refractivity contribution in [3.05, 3.63) is 60.1 Å². The lowest BCUT2D eigenvalue weighted by Gasteiger charge is -2.27. The number of fused-ring (bicyclic) bond motifs is 1. The summed E-state index contributed by atoms with van der Waals surface area (Å²) in [5, 5.41) is 5.63. The highest BCUT2D eigenvalue weighted by atomic mass is 32.2. The van der Waals surface area contributed by atoms with Gasteiger partial charge in [-0.05, 0) is 38.1 Å². The number of benzene rings is 1. The molecule has 0 radical (unpaired) electrons. The third-order valence-corrected chi connectivity index (χ3v) is 5.01. The Bertz CT molecular complexity index is 1180. The fourth-order valence-corrected chi connectivity index (χ4v) is 3.66. The number of nitrogens with one attached hydrogen (secondary N) is 3. The number of pyridine rings is 1. The standard InChI is InChI=1S/C19H23N7O4S/c1-11(20)23-15-9-12(7-8-22-15)18(27)24-19(2,3)10-30-14-6-4-5-13-16(14)17(21)26-31(28,29)25-13/h4-9,25H,1,10,20H2,2-3H3,(H2,21,26)(H,22,23)(H,24,27). The molecule has 0 fully saturated rings. The molecule has 2 aromatic rings. The molecule has 11 nitrogen and oxygen atoms in total. The van der Waals surface area contributed by atoms with E-state index in [4.69, 9.17) is 16.2 Å². The number of carbonyl (C=O) groups excluding carboxylic acids is 1. The second-order valence-electron chi connectivity index (χ2n) is 7.44. The molecule has 0 bridgehead atoms. The van der Waals surface area contributed by atoms with Gasteiger partial charge in [0.15, 0.2) is 5.84 Å². The number of anilines is 2. The van der Waals surface area contributed by atoms with Crippen molar-refractivity contribution >= 4 is 33.5 Å². The van der Waals surface area contributed by atoms with Crippen LogP contribution in [-0.4, -0.2) is 37.3 Å². The van der Waals surface area contributed by atoms with Crippen molar-refractivity contribution in [1.82, 2.24) is 10.3 Å². The first-order valence-corrected chi connectivity index (χ1v) is 10.5. The molecule has 164 valence electrons. The smallest absolute Gasteiger partial charge is 0.344 e. The Morgan fingerprint density at radius 3 is 2.77 bits per heavy atom. The minimum atomic E-state index is -3.89. The van der Waals surface area contributed by atoms with E-state index in [1.165, 1.54) is 6.20 Å². The molecule has 1 amide bonds. The van der Waals surface area contributed by atoms with Crippen molar-refractivity contribution in [2.45, 2.75) is 19.4 Å². The van der Waals surface area contributed by atoms with Crippen molar-refractivity contribution in [2.75, 3.05) is 16.6 Å². The van der Waals surface area contributed by atoms with Gasteiger partial charge in [0.2, 0.25) is 0 Å². The summed E-state index contributed by atoms with van der Waals surface area (Å²) in [4.78, 5) is 16.7. The predicted molar refractivity (Wildman–Crippen MR) is 118 cm³/mol. The predicted octanol–water partition coefficient (Wildman–Crippen LogP) is 0.886. The third kappa shape index (κ3) is 5.42. The van der Waals surface area contributed by atoms with E-state index in [9.17, 15) is 13.2 Å². The number of hydrogen-bond donors (Lipinski definition) is 5. The molecule has 0 saturated carbocycles. The van der Waals surface area contributed by atoms with E-state index in [1.807, 2.05) is 0 Å². The Morgan fingerprint density at radius 1 is 1.32 bits per heavy atom. The maximum atomic E-state index is 12.7. The van der Waals surface area contributed by atoms with Gasteiger partial charge in [0, 0.05) is 11.8 Å². The number of hydrogen-bond acceptors (Lipinski definition) is 8. The minimum absolute atomic E-state index is 0.0744. The van der Waals surface area contributed by atoms with Crippen LogP contribution in [0.3, 0.4) is 0 Å². The largest absolute Gasteiger partial charge is 0.490 e. The van der Waals surface area contributed by atoms with Crippen LogP contribution in [0.4, 0.5) is 11.5 Å². The average Bonchev–Trinajstić information content (AvgIpc) is 2.64. The molecule has 1 aliphatic heterocycles. The van der Waals surface area contributed by atoms with Gasteiger partial charge < -0.3 is 26.8 Å². The molecule has 1 aliphatic rings. The van der Waals surface area contributed by atoms with Gasteiger partial charge in [-0.3, -0.25) is 9.52 Å². The Morgan fingerprint density at radius 2 is 2.06 bits per heavy atom. The molecule has 0 unspecified atom stereocenters. The molecule has 31 heavy (non-hydrogen) atoms. The van der Waals surface area contributed by atoms with Crippen LogP contribution in [0.1, 0.15) is 29.8 Å². The van der Waals surface area contributed by atoms with E-state index < -0.39 is 15.7 Å². The lowest BCUT2D eigenvalue weighted by atomic mass is 10.1. The lowest BCUT2D eigenvalue weighted by molar-refractivity contribution is 0.0880. The van der Waals surface area contributed by atoms with E-state index >= 15 is 0 Å². The summed E-state index contributed by atoms with van der Waals surface area (Å²) in [5.74, 6) is 0.410. The Kier molecular flexibility index (Phi) is 5.75. The molecular formula is C19H23N7O4S. The monoisotopic (exact) mass is 445 g/mol. The highest BCUT2D eigenvalue weighted by Gasteiger charge is 2.27. The van der Waals surface area contributed by atoms with E-state index in [2.05, 4.69) is 31.3 Å². The minimum Gasteiger partial charge on any atom is -0.490 e. The number of aromatic nitrogens is 1. The second kappa shape index (κ2) is 8.14. The van der Waals surface area contributed by atoms with Crippen LogP contribution in [0.25, 0.3) is 0 Å². The first-order chi connectivity index (χ1) is 14.5. The maximum absolute atomic E-state index is 12.7. The molecule has 1 aromatic carbocycles. The summed E-state index contributed by atoms with van der Waals surface area (Å²) in [6.45, 7) is 7.17. The number of nitrogens with zero attached hydrogens (tertiary/aromatic N) is 2. The Balaban J connectivity index is 1.72. The summed E-state index contributed by atoms with van der Waals surface area (Å²) in [6, 6.07) is 7.92. The van der Waals surface area contributed by atoms with Crippen molar-refractivity contribution in [2.24, 2.45) is 15.9 Å². The SMILES string of the molecule is C=C(N)Nc1cc(C(=O)NC(C)(C)COc2cccc3c2C(N)=NS(=O)(=O)N3)ccn1. The molecule has 3 rings (SSSR count). The summed E-state index contributed by atoms with van der Waals surface area (Å²) in [5.41, 5.74) is 11.5. The van der Waals surface area contributed by atoms with E-state index in [0.717, 1.165) is 0 Å². The van der Waals surface area contributed by atoms with Gasteiger partial charge in [0.25, 0.3) is 5.91 Å². The first-order valence-electron chi connectivity index (χ1n) is 9.10. The van der Waals surface area contributed by atoms with Gasteiger partial charge in [-0.15, -0.1) is 4.40 Å². The second-order valence-corrected chi connectivity index (χ2v) is 8.78. The van der Waals surface area contributed by atoms with Gasteiger partial charge in [-0.1, -0.05) is 12.6 Å². The average molecular weight is 446 g/mol. The van der Waals surface area contributed by atoms with Crippen LogP contribution in [0.15, 0.2) is 53.3 Å². The molecule has 0 atom stereocenters. The van der Waals surface area contributed by atoms with Gasteiger partial charge >= 0.3 is 10.2 Å². The number of ether oxygens (including phenoxy) is 1. The summed E-state index contributed by atoms with van der Waals surface area (Å²) >= 11 is 0. The zero-order chi connectivity index (χ0) is 22.8.